The Bertz CT molecular complexity index is 539. The molecule has 0 aliphatic carbocycles. The summed E-state index contributed by atoms with van der Waals surface area (Å²) in [5, 5.41) is 11.2. The summed E-state index contributed by atoms with van der Waals surface area (Å²) in [5.74, 6) is 1.47. The van der Waals surface area contributed by atoms with Gasteiger partial charge in [-0.05, 0) is 37.1 Å². The maximum atomic E-state index is 4.71. The Hall–Kier alpha value is -1.33. The second-order valence-corrected chi connectivity index (χ2v) is 6.31. The van der Waals surface area contributed by atoms with Crippen LogP contribution in [0, 0.1) is 12.8 Å². The number of aromatic nitrogens is 2. The van der Waals surface area contributed by atoms with Gasteiger partial charge < -0.3 is 5.32 Å². The molecule has 0 atom stereocenters. The van der Waals surface area contributed by atoms with Gasteiger partial charge in [0.1, 0.15) is 11.4 Å². The van der Waals surface area contributed by atoms with Crippen LogP contribution in [0.4, 0.5) is 0 Å². The fourth-order valence-electron chi connectivity index (χ4n) is 1.78. The summed E-state index contributed by atoms with van der Waals surface area (Å²) in [7, 11) is 0. The maximum Gasteiger partial charge on any atom is 0.118 e. The lowest BCUT2D eigenvalue weighted by molar-refractivity contribution is 0.302. The van der Waals surface area contributed by atoms with Gasteiger partial charge in [0.2, 0.25) is 0 Å². The first-order valence-corrected chi connectivity index (χ1v) is 7.84. The lowest BCUT2D eigenvalue weighted by Crippen LogP contribution is -2.18. The van der Waals surface area contributed by atoms with E-state index in [1.54, 1.807) is 11.8 Å². The Kier molecular flexibility index (Phi) is 5.61. The molecule has 1 N–H and O–H groups in total. The summed E-state index contributed by atoms with van der Waals surface area (Å²) in [5.41, 5.74) is 3.09. The van der Waals surface area contributed by atoms with Crippen LogP contribution in [0.3, 0.4) is 0 Å². The van der Waals surface area contributed by atoms with Gasteiger partial charge in [-0.2, -0.15) is 0 Å². The summed E-state index contributed by atoms with van der Waals surface area (Å²) in [4.78, 5) is 1.25. The summed E-state index contributed by atoms with van der Waals surface area (Å²) < 4.78 is 4.71. The monoisotopic (exact) mass is 291 g/mol. The molecular weight excluding hydrogens is 270 g/mol. The molecule has 0 bridgehead atoms. The van der Waals surface area contributed by atoms with Crippen molar-refractivity contribution in [1.82, 2.24) is 15.6 Å². The highest BCUT2D eigenvalue weighted by molar-refractivity contribution is 7.98. The molecule has 108 valence electrons. The lowest BCUT2D eigenvalue weighted by atomic mass is 10.2. The zero-order valence-electron chi connectivity index (χ0n) is 12.2. The molecule has 2 rings (SSSR count). The van der Waals surface area contributed by atoms with E-state index >= 15 is 0 Å². The van der Waals surface area contributed by atoms with E-state index in [1.165, 1.54) is 10.5 Å². The van der Waals surface area contributed by atoms with E-state index in [1.807, 2.05) is 6.92 Å². The molecule has 0 amide bonds. The van der Waals surface area contributed by atoms with Crippen LogP contribution in [0.25, 0.3) is 0 Å². The Morgan fingerprint density at radius 2 is 2.15 bits per heavy atom. The van der Waals surface area contributed by atoms with Gasteiger partial charge in [-0.25, -0.2) is 4.63 Å². The molecule has 4 nitrogen and oxygen atoms in total. The van der Waals surface area contributed by atoms with Gasteiger partial charge in [0.25, 0.3) is 0 Å². The molecule has 0 aliphatic heterocycles. The summed E-state index contributed by atoms with van der Waals surface area (Å²) in [6, 6.07) is 8.60. The van der Waals surface area contributed by atoms with Gasteiger partial charge >= 0.3 is 0 Å². The molecular formula is C15H21N3OS. The standard InChI is InChI=1S/C15H21N3OS/c1-11(2)8-16-9-13-5-4-6-14(7-13)20-10-15-12(3)17-19-18-15/h4-7,11,16H,8-10H2,1-3H3. The number of rotatable bonds is 7. The van der Waals surface area contributed by atoms with Crippen LogP contribution < -0.4 is 5.32 Å². The van der Waals surface area contributed by atoms with Crippen LogP contribution >= 0.6 is 11.8 Å². The number of hydrogen-bond donors (Lipinski definition) is 1. The highest BCUT2D eigenvalue weighted by atomic mass is 32.2. The van der Waals surface area contributed by atoms with Crippen LogP contribution in [0.5, 0.6) is 0 Å². The van der Waals surface area contributed by atoms with Crippen molar-refractivity contribution in [3.05, 3.63) is 41.2 Å². The number of hydrogen-bond acceptors (Lipinski definition) is 5. The minimum Gasteiger partial charge on any atom is -0.312 e. The van der Waals surface area contributed by atoms with Crippen molar-refractivity contribution in [2.24, 2.45) is 5.92 Å². The van der Waals surface area contributed by atoms with Gasteiger partial charge in [0, 0.05) is 17.2 Å². The third-order valence-electron chi connectivity index (χ3n) is 2.90. The SMILES string of the molecule is Cc1nonc1CSc1cccc(CNCC(C)C)c1. The Labute approximate surface area is 124 Å². The maximum absolute atomic E-state index is 4.71. The molecule has 1 aromatic carbocycles. The quantitative estimate of drug-likeness (QED) is 0.792. The van der Waals surface area contributed by atoms with Crippen molar-refractivity contribution < 1.29 is 4.63 Å². The molecule has 0 fully saturated rings. The van der Waals surface area contributed by atoms with Crippen molar-refractivity contribution >= 4 is 11.8 Å². The first kappa shape index (κ1) is 15.1. The minimum atomic E-state index is 0.676. The molecule has 1 aromatic heterocycles. The normalized spacial score (nSPS) is 11.2. The first-order chi connectivity index (χ1) is 9.65. The van der Waals surface area contributed by atoms with E-state index in [0.717, 1.165) is 30.2 Å². The van der Waals surface area contributed by atoms with Crippen LogP contribution in [-0.2, 0) is 12.3 Å². The molecule has 0 aliphatic rings. The van der Waals surface area contributed by atoms with Gasteiger partial charge in [-0.3, -0.25) is 0 Å². The summed E-state index contributed by atoms with van der Waals surface area (Å²) in [6.45, 7) is 8.30. The van der Waals surface area contributed by atoms with Crippen molar-refractivity contribution in [3.63, 3.8) is 0 Å². The topological polar surface area (TPSA) is 51.0 Å². The smallest absolute Gasteiger partial charge is 0.118 e. The van der Waals surface area contributed by atoms with E-state index in [-0.39, 0.29) is 0 Å². The number of benzene rings is 1. The van der Waals surface area contributed by atoms with Gasteiger partial charge in [-0.15, -0.1) is 11.8 Å². The Balaban J connectivity index is 1.87. The van der Waals surface area contributed by atoms with Crippen molar-refractivity contribution in [2.45, 2.75) is 38.0 Å². The summed E-state index contributed by atoms with van der Waals surface area (Å²) >= 11 is 1.76. The average molecular weight is 291 g/mol. The highest BCUT2D eigenvalue weighted by Gasteiger charge is 2.06. The zero-order chi connectivity index (χ0) is 14.4. The fraction of sp³-hybridized carbons (Fsp3) is 0.467. The molecule has 0 unspecified atom stereocenters. The van der Waals surface area contributed by atoms with E-state index in [9.17, 15) is 0 Å². The van der Waals surface area contributed by atoms with Crippen molar-refractivity contribution in [1.29, 1.82) is 0 Å². The second kappa shape index (κ2) is 7.45. The Morgan fingerprint density at radius 3 is 2.85 bits per heavy atom. The van der Waals surface area contributed by atoms with Crippen LogP contribution in [0.1, 0.15) is 30.8 Å². The van der Waals surface area contributed by atoms with Crippen LogP contribution in [0.2, 0.25) is 0 Å². The molecule has 0 saturated carbocycles. The third-order valence-corrected chi connectivity index (χ3v) is 3.91. The molecule has 5 heteroatoms. The number of nitrogens with one attached hydrogen (secondary N) is 1. The highest BCUT2D eigenvalue weighted by Crippen LogP contribution is 2.23. The third kappa shape index (κ3) is 4.65. The van der Waals surface area contributed by atoms with Gasteiger partial charge in [-0.1, -0.05) is 36.3 Å². The Morgan fingerprint density at radius 1 is 1.30 bits per heavy atom. The van der Waals surface area contributed by atoms with Crippen molar-refractivity contribution in [2.75, 3.05) is 6.54 Å². The fourth-order valence-corrected chi connectivity index (χ4v) is 2.76. The lowest BCUT2D eigenvalue weighted by Gasteiger charge is -2.08. The minimum absolute atomic E-state index is 0.676. The molecule has 1 heterocycles. The molecule has 0 saturated heterocycles. The van der Waals surface area contributed by atoms with Crippen LogP contribution in [0.15, 0.2) is 33.8 Å². The number of aryl methyl sites for hydroxylation is 1. The predicted molar refractivity (Wildman–Crippen MR) is 81.6 cm³/mol. The van der Waals surface area contributed by atoms with E-state index in [0.29, 0.717) is 5.92 Å². The van der Waals surface area contributed by atoms with E-state index in [4.69, 9.17) is 4.63 Å². The van der Waals surface area contributed by atoms with Crippen molar-refractivity contribution in [3.8, 4) is 0 Å². The number of nitrogens with zero attached hydrogens (tertiary/aromatic N) is 2. The number of thioether (sulfide) groups is 1. The molecule has 20 heavy (non-hydrogen) atoms. The predicted octanol–water partition coefficient (Wildman–Crippen LogP) is 3.42. The first-order valence-electron chi connectivity index (χ1n) is 6.85. The average Bonchev–Trinajstić information content (AvgIpc) is 2.82. The zero-order valence-corrected chi connectivity index (χ0v) is 13.0. The van der Waals surface area contributed by atoms with Crippen LogP contribution in [-0.4, -0.2) is 16.9 Å². The largest absolute Gasteiger partial charge is 0.312 e. The molecule has 2 aromatic rings. The van der Waals surface area contributed by atoms with Gasteiger partial charge in [0.05, 0.1) is 0 Å². The van der Waals surface area contributed by atoms with Gasteiger partial charge in [0.15, 0.2) is 0 Å². The van der Waals surface area contributed by atoms with E-state index < -0.39 is 0 Å². The molecule has 0 spiro atoms. The van der Waals surface area contributed by atoms with E-state index in [2.05, 4.69) is 53.7 Å². The second-order valence-electron chi connectivity index (χ2n) is 5.26. The molecule has 0 radical (unpaired) electrons. The summed E-state index contributed by atoms with van der Waals surface area (Å²) in [6.07, 6.45) is 0.